The molecule has 0 saturated heterocycles. The molecule has 0 aromatic heterocycles. The van der Waals surface area contributed by atoms with Crippen molar-refractivity contribution >= 4 is 5.97 Å². The van der Waals surface area contributed by atoms with E-state index in [9.17, 15) is 4.79 Å². The van der Waals surface area contributed by atoms with Crippen LogP contribution in [-0.2, 0) is 4.74 Å². The summed E-state index contributed by atoms with van der Waals surface area (Å²) in [5, 5.41) is 8.85. The van der Waals surface area contributed by atoms with Crippen molar-refractivity contribution in [2.45, 2.75) is 13.8 Å². The first-order valence-electron chi connectivity index (χ1n) is 4.19. The fraction of sp³-hybridized carbons (Fsp3) is 0.273. The van der Waals surface area contributed by atoms with Crippen LogP contribution in [0.25, 0.3) is 0 Å². The van der Waals surface area contributed by atoms with Gasteiger partial charge >= 0.3 is 5.97 Å². The van der Waals surface area contributed by atoms with Gasteiger partial charge in [0.1, 0.15) is 6.07 Å². The summed E-state index contributed by atoms with van der Waals surface area (Å²) in [4.78, 5) is 11.4. The Morgan fingerprint density at radius 3 is 2.57 bits per heavy atom. The zero-order chi connectivity index (χ0) is 10.7. The Morgan fingerprint density at radius 1 is 1.43 bits per heavy atom. The van der Waals surface area contributed by atoms with Crippen LogP contribution in [0.4, 0.5) is 0 Å². The summed E-state index contributed by atoms with van der Waals surface area (Å²) in [5.41, 5.74) is 2.47. The third-order valence-corrected chi connectivity index (χ3v) is 1.99. The van der Waals surface area contributed by atoms with Crippen LogP contribution in [0.15, 0.2) is 12.1 Å². The number of carbonyl (C=O) groups is 1. The minimum absolute atomic E-state index is 0.362. The molecule has 0 saturated carbocycles. The van der Waals surface area contributed by atoms with Crippen molar-refractivity contribution in [2.75, 3.05) is 7.11 Å². The molecule has 0 atom stereocenters. The van der Waals surface area contributed by atoms with Gasteiger partial charge < -0.3 is 4.74 Å². The number of methoxy groups -OCH3 is 1. The molecule has 0 radical (unpaired) electrons. The maximum atomic E-state index is 11.4. The van der Waals surface area contributed by atoms with Crippen molar-refractivity contribution in [1.82, 2.24) is 0 Å². The van der Waals surface area contributed by atoms with E-state index in [0.29, 0.717) is 11.1 Å². The minimum Gasteiger partial charge on any atom is -0.465 e. The highest BCUT2D eigenvalue weighted by Gasteiger charge is 2.14. The third-order valence-electron chi connectivity index (χ3n) is 1.99. The molecule has 0 aliphatic carbocycles. The van der Waals surface area contributed by atoms with Gasteiger partial charge in [-0.05, 0) is 31.0 Å². The molecule has 0 N–H and O–H groups in total. The summed E-state index contributed by atoms with van der Waals surface area (Å²) in [5.74, 6) is -0.459. The van der Waals surface area contributed by atoms with Crippen LogP contribution in [0.2, 0.25) is 0 Å². The first-order chi connectivity index (χ1) is 6.60. The molecule has 1 aromatic carbocycles. The molecule has 14 heavy (non-hydrogen) atoms. The SMILES string of the molecule is COC(=O)c1c(C)cc(C)cc1C#N. The van der Waals surface area contributed by atoms with Gasteiger partial charge in [-0.1, -0.05) is 6.07 Å². The molecule has 0 bridgehead atoms. The lowest BCUT2D eigenvalue weighted by Gasteiger charge is -2.06. The first-order valence-corrected chi connectivity index (χ1v) is 4.19. The Kier molecular flexibility index (Phi) is 2.88. The Morgan fingerprint density at radius 2 is 2.07 bits per heavy atom. The van der Waals surface area contributed by atoms with E-state index in [1.165, 1.54) is 7.11 Å². The van der Waals surface area contributed by atoms with E-state index >= 15 is 0 Å². The number of esters is 1. The number of carbonyl (C=O) groups excluding carboxylic acids is 1. The summed E-state index contributed by atoms with van der Waals surface area (Å²) in [6.07, 6.45) is 0. The van der Waals surface area contributed by atoms with E-state index in [1.807, 2.05) is 19.1 Å². The molecule has 72 valence electrons. The molecule has 0 aliphatic rings. The van der Waals surface area contributed by atoms with Crippen LogP contribution in [0.3, 0.4) is 0 Å². The predicted molar refractivity (Wildman–Crippen MR) is 52.0 cm³/mol. The van der Waals surface area contributed by atoms with Crippen LogP contribution >= 0.6 is 0 Å². The van der Waals surface area contributed by atoms with Crippen LogP contribution in [0, 0.1) is 25.2 Å². The quantitative estimate of drug-likeness (QED) is 0.634. The van der Waals surface area contributed by atoms with Crippen LogP contribution in [-0.4, -0.2) is 13.1 Å². The van der Waals surface area contributed by atoms with Gasteiger partial charge in [-0.15, -0.1) is 0 Å². The Bertz CT molecular complexity index is 416. The van der Waals surface area contributed by atoms with E-state index in [2.05, 4.69) is 4.74 Å². The number of benzene rings is 1. The smallest absolute Gasteiger partial charge is 0.339 e. The molecule has 0 aliphatic heterocycles. The minimum atomic E-state index is -0.459. The fourth-order valence-electron chi connectivity index (χ4n) is 1.43. The fourth-order valence-corrected chi connectivity index (χ4v) is 1.43. The van der Waals surface area contributed by atoms with E-state index in [0.717, 1.165) is 11.1 Å². The van der Waals surface area contributed by atoms with Crippen LogP contribution < -0.4 is 0 Å². The van der Waals surface area contributed by atoms with Gasteiger partial charge in [-0.2, -0.15) is 5.26 Å². The lowest BCUT2D eigenvalue weighted by atomic mass is 10.00. The van der Waals surface area contributed by atoms with E-state index in [1.54, 1.807) is 13.0 Å². The molecule has 1 aromatic rings. The Balaban J connectivity index is 3.42. The highest BCUT2D eigenvalue weighted by atomic mass is 16.5. The number of nitriles is 1. The highest BCUT2D eigenvalue weighted by Crippen LogP contribution is 2.17. The Labute approximate surface area is 82.9 Å². The van der Waals surface area contributed by atoms with Gasteiger partial charge in [0.25, 0.3) is 0 Å². The largest absolute Gasteiger partial charge is 0.465 e. The lowest BCUT2D eigenvalue weighted by molar-refractivity contribution is 0.0599. The molecule has 3 nitrogen and oxygen atoms in total. The number of hydrogen-bond acceptors (Lipinski definition) is 3. The number of ether oxygens (including phenoxy) is 1. The van der Waals surface area contributed by atoms with Gasteiger partial charge in [0.05, 0.1) is 18.2 Å². The maximum absolute atomic E-state index is 11.4. The molecule has 0 amide bonds. The first kappa shape index (κ1) is 10.3. The van der Waals surface area contributed by atoms with Crippen LogP contribution in [0.5, 0.6) is 0 Å². The zero-order valence-electron chi connectivity index (χ0n) is 8.42. The average molecular weight is 189 g/mol. The number of aryl methyl sites for hydroxylation is 2. The molecule has 1 rings (SSSR count). The van der Waals surface area contributed by atoms with Crippen molar-refractivity contribution in [3.63, 3.8) is 0 Å². The summed E-state index contributed by atoms with van der Waals surface area (Å²) in [7, 11) is 1.31. The van der Waals surface area contributed by atoms with Crippen molar-refractivity contribution in [1.29, 1.82) is 5.26 Å². The Hall–Kier alpha value is -1.82. The summed E-state index contributed by atoms with van der Waals surface area (Å²) >= 11 is 0. The van der Waals surface area contributed by atoms with Crippen molar-refractivity contribution in [3.05, 3.63) is 34.4 Å². The van der Waals surface area contributed by atoms with Crippen LogP contribution in [0.1, 0.15) is 27.0 Å². The number of nitrogens with zero attached hydrogens (tertiary/aromatic N) is 1. The summed E-state index contributed by atoms with van der Waals surface area (Å²) in [6, 6.07) is 5.53. The second-order valence-corrected chi connectivity index (χ2v) is 3.11. The normalized spacial score (nSPS) is 9.29. The molecule has 0 fully saturated rings. The van der Waals surface area contributed by atoms with Gasteiger partial charge in [0, 0.05) is 0 Å². The van der Waals surface area contributed by atoms with Gasteiger partial charge in [0.15, 0.2) is 0 Å². The zero-order valence-corrected chi connectivity index (χ0v) is 8.42. The second-order valence-electron chi connectivity index (χ2n) is 3.11. The highest BCUT2D eigenvalue weighted by molar-refractivity contribution is 5.93. The van der Waals surface area contributed by atoms with Crippen molar-refractivity contribution in [3.8, 4) is 6.07 Å². The molecular formula is C11H11NO2. The third kappa shape index (κ3) is 1.74. The van der Waals surface area contributed by atoms with E-state index in [-0.39, 0.29) is 0 Å². The van der Waals surface area contributed by atoms with E-state index in [4.69, 9.17) is 5.26 Å². The standard InChI is InChI=1S/C11H11NO2/c1-7-4-8(2)10(11(13)14-3)9(5-7)6-12/h4-5H,1-3H3. The molecule has 0 unspecified atom stereocenters. The predicted octanol–water partition coefficient (Wildman–Crippen LogP) is 1.96. The molecule has 0 spiro atoms. The van der Waals surface area contributed by atoms with Gasteiger partial charge in [-0.25, -0.2) is 4.79 Å². The number of hydrogen-bond donors (Lipinski definition) is 0. The maximum Gasteiger partial charge on any atom is 0.339 e. The molecule has 0 heterocycles. The molecular weight excluding hydrogens is 178 g/mol. The average Bonchev–Trinajstić information content (AvgIpc) is 2.15. The van der Waals surface area contributed by atoms with Gasteiger partial charge in [0.2, 0.25) is 0 Å². The summed E-state index contributed by atoms with van der Waals surface area (Å²) < 4.78 is 4.61. The van der Waals surface area contributed by atoms with Crippen molar-refractivity contribution in [2.24, 2.45) is 0 Å². The van der Waals surface area contributed by atoms with E-state index < -0.39 is 5.97 Å². The lowest BCUT2D eigenvalue weighted by Crippen LogP contribution is -2.07. The van der Waals surface area contributed by atoms with Crippen molar-refractivity contribution < 1.29 is 9.53 Å². The summed E-state index contributed by atoms with van der Waals surface area (Å²) in [6.45, 7) is 3.68. The van der Waals surface area contributed by atoms with Gasteiger partial charge in [-0.3, -0.25) is 0 Å². The second kappa shape index (κ2) is 3.93. The monoisotopic (exact) mass is 189 g/mol. The topological polar surface area (TPSA) is 50.1 Å². The molecule has 3 heteroatoms. The number of rotatable bonds is 1.